The molecule has 8 nitrogen and oxygen atoms in total. The number of nitrogens with zero attached hydrogens (tertiary/aromatic N) is 2. The number of hydrogen-bond donors (Lipinski definition) is 0. The zero-order chi connectivity index (χ0) is 17.9. The van der Waals surface area contributed by atoms with Crippen LogP contribution in [-0.2, 0) is 10.2 Å². The maximum Gasteiger partial charge on any atom is 0.345 e. The van der Waals surface area contributed by atoms with Gasteiger partial charge in [-0.2, -0.15) is 8.42 Å². The van der Waals surface area contributed by atoms with Gasteiger partial charge in [0.25, 0.3) is 23.6 Å². The first-order valence-electron chi connectivity index (χ1n) is 7.06. The maximum atomic E-state index is 12.8. The monoisotopic (exact) mass is 356 g/mol. The highest BCUT2D eigenvalue weighted by Crippen LogP contribution is 2.31. The Kier molecular flexibility index (Phi) is 2.94. The van der Waals surface area contributed by atoms with Crippen LogP contribution >= 0.6 is 0 Å². The molecule has 2 heterocycles. The van der Waals surface area contributed by atoms with Gasteiger partial charge in [-0.3, -0.25) is 19.2 Å². The molecule has 0 saturated carbocycles. The molecule has 2 aromatic rings. The highest BCUT2D eigenvalue weighted by Gasteiger charge is 2.52. The van der Waals surface area contributed by atoms with E-state index in [-0.39, 0.29) is 30.9 Å². The molecular weight excluding hydrogens is 348 g/mol. The molecule has 0 N–H and O–H groups in total. The summed E-state index contributed by atoms with van der Waals surface area (Å²) >= 11 is 0. The summed E-state index contributed by atoms with van der Waals surface area (Å²) in [7, 11) is -5.00. The van der Waals surface area contributed by atoms with E-state index in [1.165, 1.54) is 48.5 Å². The van der Waals surface area contributed by atoms with Crippen molar-refractivity contribution in [2.75, 3.05) is 0 Å². The number of hydrogen-bond acceptors (Lipinski definition) is 6. The minimum atomic E-state index is -5.00. The van der Waals surface area contributed by atoms with E-state index in [1.807, 2.05) is 0 Å². The molecule has 4 amide bonds. The summed E-state index contributed by atoms with van der Waals surface area (Å²) in [5.41, 5.74) is -0.416. The number of benzene rings is 2. The molecule has 0 atom stereocenters. The van der Waals surface area contributed by atoms with Crippen LogP contribution in [-0.4, -0.2) is 40.7 Å². The molecule has 4 rings (SSSR count). The van der Waals surface area contributed by atoms with Gasteiger partial charge in [-0.05, 0) is 24.3 Å². The number of carbonyl (C=O) groups excluding carboxylic acids is 4. The fourth-order valence-corrected chi connectivity index (χ4v) is 4.23. The highest BCUT2D eigenvalue weighted by atomic mass is 32.2. The Morgan fingerprint density at radius 2 is 0.760 bits per heavy atom. The molecule has 124 valence electrons. The molecule has 0 fully saturated rings. The second-order valence-corrected chi connectivity index (χ2v) is 6.97. The van der Waals surface area contributed by atoms with Gasteiger partial charge in [0.15, 0.2) is 0 Å². The fraction of sp³-hybridized carbons (Fsp3) is 0. The zero-order valence-electron chi connectivity index (χ0n) is 12.4. The highest BCUT2D eigenvalue weighted by molar-refractivity contribution is 7.89. The van der Waals surface area contributed by atoms with E-state index in [0.29, 0.717) is 0 Å². The van der Waals surface area contributed by atoms with Crippen molar-refractivity contribution in [3.05, 3.63) is 70.8 Å². The van der Waals surface area contributed by atoms with E-state index >= 15 is 0 Å². The Bertz CT molecular complexity index is 954. The fourth-order valence-electron chi connectivity index (χ4n) is 2.84. The minimum Gasteiger partial charge on any atom is -0.267 e. The number of fused-ring (bicyclic) bond motifs is 2. The predicted octanol–water partition coefficient (Wildman–Crippen LogP) is 0.824. The van der Waals surface area contributed by atoms with Crippen LogP contribution in [0.2, 0.25) is 0 Å². The first-order chi connectivity index (χ1) is 11.9. The van der Waals surface area contributed by atoms with Gasteiger partial charge in [-0.1, -0.05) is 24.3 Å². The van der Waals surface area contributed by atoms with Crippen molar-refractivity contribution in [2.24, 2.45) is 0 Å². The molecule has 0 spiro atoms. The van der Waals surface area contributed by atoms with Gasteiger partial charge in [-0.25, -0.2) is 0 Å². The lowest BCUT2D eigenvalue weighted by molar-refractivity contribution is 0.0728. The maximum absolute atomic E-state index is 12.8. The van der Waals surface area contributed by atoms with Crippen LogP contribution in [0.25, 0.3) is 0 Å². The molecule has 2 aliphatic rings. The van der Waals surface area contributed by atoms with Crippen LogP contribution in [0.15, 0.2) is 48.5 Å². The van der Waals surface area contributed by atoms with Gasteiger partial charge in [0.2, 0.25) is 0 Å². The van der Waals surface area contributed by atoms with Crippen LogP contribution in [0.3, 0.4) is 0 Å². The standard InChI is InChI=1S/C16H8N2O6S/c19-13-9-5-1-2-6-10(9)14(20)17(13)25(23,24)18-15(21)11-7-3-4-8-12(11)16(18)22/h1-8H. The van der Waals surface area contributed by atoms with Crippen molar-refractivity contribution in [2.45, 2.75) is 0 Å². The van der Waals surface area contributed by atoms with Crippen molar-refractivity contribution >= 4 is 33.8 Å². The van der Waals surface area contributed by atoms with Crippen LogP contribution < -0.4 is 0 Å². The van der Waals surface area contributed by atoms with Crippen molar-refractivity contribution < 1.29 is 27.6 Å². The second kappa shape index (κ2) is 4.84. The SMILES string of the molecule is O=C1c2ccccc2C(=O)N1S(=O)(=O)N1C(=O)c2ccccc2C1=O. The molecule has 0 unspecified atom stereocenters. The third-order valence-electron chi connectivity index (χ3n) is 3.98. The average molecular weight is 356 g/mol. The summed E-state index contributed by atoms with van der Waals surface area (Å²) in [6.07, 6.45) is 0. The Hall–Kier alpha value is -3.33. The normalized spacial score (nSPS) is 16.5. The predicted molar refractivity (Wildman–Crippen MR) is 82.8 cm³/mol. The summed E-state index contributed by atoms with van der Waals surface area (Å²) in [5.74, 6) is -4.40. The topological polar surface area (TPSA) is 109 Å². The Balaban J connectivity index is 1.83. The van der Waals surface area contributed by atoms with Gasteiger partial charge < -0.3 is 0 Å². The Labute approximate surface area is 141 Å². The van der Waals surface area contributed by atoms with Crippen molar-refractivity contribution in [3.63, 3.8) is 0 Å². The summed E-state index contributed by atoms with van der Waals surface area (Å²) < 4.78 is 25.5. The molecule has 25 heavy (non-hydrogen) atoms. The third-order valence-corrected chi connectivity index (χ3v) is 5.56. The lowest BCUT2D eigenvalue weighted by Crippen LogP contribution is -2.48. The van der Waals surface area contributed by atoms with Crippen molar-refractivity contribution in [1.29, 1.82) is 0 Å². The van der Waals surface area contributed by atoms with Crippen molar-refractivity contribution in [3.8, 4) is 0 Å². The molecule has 0 saturated heterocycles. The molecule has 0 radical (unpaired) electrons. The second-order valence-electron chi connectivity index (χ2n) is 5.35. The lowest BCUT2D eigenvalue weighted by Gasteiger charge is -2.20. The van der Waals surface area contributed by atoms with Crippen LogP contribution in [0.4, 0.5) is 0 Å². The van der Waals surface area contributed by atoms with Crippen LogP contribution in [0, 0.1) is 0 Å². The largest absolute Gasteiger partial charge is 0.345 e. The van der Waals surface area contributed by atoms with Gasteiger partial charge >= 0.3 is 10.2 Å². The number of amides is 4. The molecule has 0 aliphatic carbocycles. The lowest BCUT2D eigenvalue weighted by atomic mass is 10.1. The smallest absolute Gasteiger partial charge is 0.267 e. The van der Waals surface area contributed by atoms with Crippen LogP contribution in [0.1, 0.15) is 41.4 Å². The quantitative estimate of drug-likeness (QED) is 0.737. The van der Waals surface area contributed by atoms with E-state index in [0.717, 1.165) is 0 Å². The molecule has 2 aromatic carbocycles. The van der Waals surface area contributed by atoms with Gasteiger partial charge in [0.05, 0.1) is 22.3 Å². The summed E-state index contributed by atoms with van der Waals surface area (Å²) in [4.78, 5) is 49.5. The summed E-state index contributed by atoms with van der Waals surface area (Å²) in [6, 6.07) is 11.1. The molecule has 0 aromatic heterocycles. The van der Waals surface area contributed by atoms with E-state index in [4.69, 9.17) is 0 Å². The van der Waals surface area contributed by atoms with Crippen molar-refractivity contribution in [1.82, 2.24) is 8.61 Å². The van der Waals surface area contributed by atoms with E-state index in [1.54, 1.807) is 0 Å². The summed E-state index contributed by atoms with van der Waals surface area (Å²) in [6.45, 7) is 0. The van der Waals surface area contributed by atoms with E-state index in [2.05, 4.69) is 0 Å². The van der Waals surface area contributed by atoms with Gasteiger partial charge in [-0.15, -0.1) is 8.61 Å². The van der Waals surface area contributed by atoms with E-state index < -0.39 is 33.8 Å². The summed E-state index contributed by atoms with van der Waals surface area (Å²) in [5, 5.41) is 0. The first kappa shape index (κ1) is 15.2. The number of carbonyl (C=O) groups is 4. The number of imide groups is 2. The Morgan fingerprint density at radius 1 is 0.520 bits per heavy atom. The van der Waals surface area contributed by atoms with Gasteiger partial charge in [0.1, 0.15) is 0 Å². The van der Waals surface area contributed by atoms with Crippen LogP contribution in [0.5, 0.6) is 0 Å². The van der Waals surface area contributed by atoms with Gasteiger partial charge in [0, 0.05) is 0 Å². The molecule has 2 aliphatic heterocycles. The first-order valence-corrected chi connectivity index (χ1v) is 8.46. The molecular formula is C16H8N2O6S. The minimum absolute atomic E-state index is 0.0423. The van der Waals surface area contributed by atoms with E-state index in [9.17, 15) is 27.6 Å². The molecule has 0 bridgehead atoms. The Morgan fingerprint density at radius 3 is 1.00 bits per heavy atom. The zero-order valence-corrected chi connectivity index (χ0v) is 13.2. The molecule has 9 heteroatoms. The third kappa shape index (κ3) is 1.83. The average Bonchev–Trinajstić information content (AvgIpc) is 3.01. The number of rotatable bonds is 2.